The molecular formula is C10H4Cl4N2OS. The maximum Gasteiger partial charge on any atom is 0.269 e. The molecule has 2 aromatic rings. The van der Waals surface area contributed by atoms with Crippen molar-refractivity contribution in [2.24, 2.45) is 0 Å². The molecule has 0 bridgehead atoms. The maximum absolute atomic E-state index is 11.9. The van der Waals surface area contributed by atoms with Crippen LogP contribution in [0.3, 0.4) is 0 Å². The fourth-order valence-electron chi connectivity index (χ4n) is 1.18. The summed E-state index contributed by atoms with van der Waals surface area (Å²) < 4.78 is 3.77. The first-order valence-electron chi connectivity index (χ1n) is 4.56. The summed E-state index contributed by atoms with van der Waals surface area (Å²) in [5, 5.41) is 3.43. The number of rotatable bonds is 2. The molecule has 1 heterocycles. The third-order valence-electron chi connectivity index (χ3n) is 2.00. The fourth-order valence-corrected chi connectivity index (χ4v) is 2.64. The van der Waals surface area contributed by atoms with E-state index in [-0.39, 0.29) is 20.1 Å². The fraction of sp³-hybridized carbons (Fsp3) is 0. The van der Waals surface area contributed by atoms with Crippen molar-refractivity contribution in [3.05, 3.63) is 43.3 Å². The molecule has 3 nitrogen and oxygen atoms in total. The van der Waals surface area contributed by atoms with Crippen LogP contribution >= 0.6 is 57.9 Å². The van der Waals surface area contributed by atoms with Gasteiger partial charge >= 0.3 is 0 Å². The number of amides is 1. The van der Waals surface area contributed by atoms with E-state index >= 15 is 0 Å². The van der Waals surface area contributed by atoms with E-state index in [9.17, 15) is 4.79 Å². The molecule has 0 aliphatic heterocycles. The summed E-state index contributed by atoms with van der Waals surface area (Å²) in [4.78, 5) is 12.1. The second-order valence-corrected chi connectivity index (χ2v) is 5.47. The van der Waals surface area contributed by atoms with Gasteiger partial charge in [0.1, 0.15) is 9.90 Å². The highest BCUT2D eigenvalue weighted by atomic mass is 35.5. The van der Waals surface area contributed by atoms with Gasteiger partial charge in [0.15, 0.2) is 5.15 Å². The topological polar surface area (TPSA) is 42.0 Å². The van der Waals surface area contributed by atoms with Crippen LogP contribution in [0.25, 0.3) is 0 Å². The Balaban J connectivity index is 2.27. The van der Waals surface area contributed by atoms with Crippen LogP contribution in [-0.4, -0.2) is 10.3 Å². The lowest BCUT2D eigenvalue weighted by molar-refractivity contribution is 0.103. The van der Waals surface area contributed by atoms with Crippen molar-refractivity contribution in [1.82, 2.24) is 4.37 Å². The third kappa shape index (κ3) is 2.73. The summed E-state index contributed by atoms with van der Waals surface area (Å²) in [7, 11) is 0. The number of carbonyl (C=O) groups excluding carboxylic acids is 1. The molecule has 0 fully saturated rings. The summed E-state index contributed by atoms with van der Waals surface area (Å²) in [5.74, 6) is -0.437. The van der Waals surface area contributed by atoms with Gasteiger partial charge in [-0.25, -0.2) is 0 Å². The van der Waals surface area contributed by atoms with E-state index < -0.39 is 5.91 Å². The average Bonchev–Trinajstić information content (AvgIpc) is 2.66. The Hall–Kier alpha value is -0.520. The minimum absolute atomic E-state index is 0.101. The molecule has 0 spiro atoms. The molecule has 0 atom stereocenters. The quantitative estimate of drug-likeness (QED) is 0.834. The highest BCUT2D eigenvalue weighted by Crippen LogP contribution is 2.32. The van der Waals surface area contributed by atoms with Gasteiger partial charge in [0.05, 0.1) is 15.7 Å². The molecule has 0 saturated carbocycles. The van der Waals surface area contributed by atoms with Gasteiger partial charge in [-0.1, -0.05) is 52.5 Å². The summed E-state index contributed by atoms with van der Waals surface area (Å²) in [6.45, 7) is 0. The van der Waals surface area contributed by atoms with Crippen molar-refractivity contribution in [2.75, 3.05) is 5.32 Å². The molecular weight excluding hydrogens is 338 g/mol. The van der Waals surface area contributed by atoms with Crippen LogP contribution in [0.1, 0.15) is 9.67 Å². The van der Waals surface area contributed by atoms with Gasteiger partial charge in [-0.15, -0.1) is 0 Å². The van der Waals surface area contributed by atoms with Gasteiger partial charge in [0.25, 0.3) is 5.91 Å². The van der Waals surface area contributed by atoms with Crippen LogP contribution in [0.4, 0.5) is 5.69 Å². The van der Waals surface area contributed by atoms with Crippen molar-refractivity contribution < 1.29 is 4.79 Å². The second kappa shape index (κ2) is 5.63. The van der Waals surface area contributed by atoms with E-state index in [1.165, 1.54) is 0 Å². The lowest BCUT2D eigenvalue weighted by Crippen LogP contribution is -2.11. The first-order chi connectivity index (χ1) is 8.50. The standard InChI is InChI=1S/C10H4Cl4N2OS/c11-4-2-1-3-5(6(4)12)15-10(17)8-7(13)9(14)16-18-8/h1-3H,(H,15,17). The highest BCUT2D eigenvalue weighted by molar-refractivity contribution is 7.09. The Morgan fingerprint density at radius 2 is 1.89 bits per heavy atom. The second-order valence-electron chi connectivity index (χ2n) is 3.17. The van der Waals surface area contributed by atoms with E-state index in [2.05, 4.69) is 9.69 Å². The summed E-state index contributed by atoms with van der Waals surface area (Å²) in [6.07, 6.45) is 0. The minimum Gasteiger partial charge on any atom is -0.320 e. The lowest BCUT2D eigenvalue weighted by Gasteiger charge is -2.06. The zero-order chi connectivity index (χ0) is 13.3. The Bertz CT molecular complexity index is 614. The molecule has 8 heteroatoms. The van der Waals surface area contributed by atoms with E-state index in [0.29, 0.717) is 10.7 Å². The van der Waals surface area contributed by atoms with Gasteiger partial charge in [-0.3, -0.25) is 4.79 Å². The number of hydrogen-bond donors (Lipinski definition) is 1. The monoisotopic (exact) mass is 340 g/mol. The highest BCUT2D eigenvalue weighted by Gasteiger charge is 2.18. The molecule has 18 heavy (non-hydrogen) atoms. The number of benzene rings is 1. The summed E-state index contributed by atoms with van der Waals surface area (Å²) >= 11 is 24.2. The molecule has 0 aliphatic rings. The summed E-state index contributed by atoms with van der Waals surface area (Å²) in [6, 6.07) is 4.92. The van der Waals surface area contributed by atoms with Crippen LogP contribution in [0.2, 0.25) is 20.2 Å². The number of anilines is 1. The van der Waals surface area contributed by atoms with Crippen molar-refractivity contribution in [3.63, 3.8) is 0 Å². The molecule has 0 aliphatic carbocycles. The van der Waals surface area contributed by atoms with E-state index in [4.69, 9.17) is 46.4 Å². The van der Waals surface area contributed by atoms with Gasteiger partial charge in [-0.2, -0.15) is 4.37 Å². The molecule has 94 valence electrons. The molecule has 1 amide bonds. The molecule has 1 aromatic heterocycles. The number of halogens is 4. The Morgan fingerprint density at radius 3 is 2.50 bits per heavy atom. The number of nitrogens with zero attached hydrogens (tertiary/aromatic N) is 1. The number of nitrogens with one attached hydrogen (secondary N) is 1. The normalized spacial score (nSPS) is 10.4. The van der Waals surface area contributed by atoms with Gasteiger partial charge in [0, 0.05) is 0 Å². The number of carbonyl (C=O) groups is 1. The van der Waals surface area contributed by atoms with Gasteiger partial charge in [0.2, 0.25) is 0 Å². The molecule has 1 N–H and O–H groups in total. The molecule has 0 radical (unpaired) electrons. The Labute approximate surface area is 127 Å². The zero-order valence-corrected chi connectivity index (χ0v) is 12.3. The van der Waals surface area contributed by atoms with Crippen LogP contribution in [0.5, 0.6) is 0 Å². The first-order valence-corrected chi connectivity index (χ1v) is 6.85. The van der Waals surface area contributed by atoms with Crippen molar-refractivity contribution >= 4 is 69.5 Å². The number of aromatic nitrogens is 1. The predicted molar refractivity (Wildman–Crippen MR) is 76.5 cm³/mol. The van der Waals surface area contributed by atoms with Crippen molar-refractivity contribution in [2.45, 2.75) is 0 Å². The van der Waals surface area contributed by atoms with Gasteiger partial charge in [-0.05, 0) is 23.7 Å². The SMILES string of the molecule is O=C(Nc1cccc(Cl)c1Cl)c1snc(Cl)c1Cl. The van der Waals surface area contributed by atoms with Crippen LogP contribution < -0.4 is 5.32 Å². The predicted octanol–water partition coefficient (Wildman–Crippen LogP) is 5.01. The molecule has 0 saturated heterocycles. The number of hydrogen-bond acceptors (Lipinski definition) is 3. The maximum atomic E-state index is 11.9. The van der Waals surface area contributed by atoms with Crippen LogP contribution in [0.15, 0.2) is 18.2 Å². The van der Waals surface area contributed by atoms with Gasteiger partial charge < -0.3 is 5.32 Å². The third-order valence-corrected chi connectivity index (χ3v) is 4.62. The zero-order valence-electron chi connectivity index (χ0n) is 8.51. The van der Waals surface area contributed by atoms with Crippen LogP contribution in [-0.2, 0) is 0 Å². The van der Waals surface area contributed by atoms with Crippen LogP contribution in [0, 0.1) is 0 Å². The Morgan fingerprint density at radius 1 is 1.17 bits per heavy atom. The lowest BCUT2D eigenvalue weighted by atomic mass is 10.3. The van der Waals surface area contributed by atoms with Crippen molar-refractivity contribution in [1.29, 1.82) is 0 Å². The van der Waals surface area contributed by atoms with E-state index in [1.807, 2.05) is 0 Å². The largest absolute Gasteiger partial charge is 0.320 e. The average molecular weight is 342 g/mol. The smallest absolute Gasteiger partial charge is 0.269 e. The van der Waals surface area contributed by atoms with E-state index in [0.717, 1.165) is 11.5 Å². The molecule has 0 unspecified atom stereocenters. The molecule has 2 rings (SSSR count). The summed E-state index contributed by atoms with van der Waals surface area (Å²) in [5.41, 5.74) is 0.398. The minimum atomic E-state index is -0.437. The van der Waals surface area contributed by atoms with E-state index in [1.54, 1.807) is 18.2 Å². The molecule has 1 aromatic carbocycles. The van der Waals surface area contributed by atoms with Crippen molar-refractivity contribution in [3.8, 4) is 0 Å². The first kappa shape index (κ1) is 13.9. The Kier molecular flexibility index (Phi) is 4.35.